The molecule has 1 aliphatic heterocycles. The molecule has 0 saturated carbocycles. The molecule has 0 atom stereocenters. The molecule has 6 heteroatoms. The zero-order valence-corrected chi connectivity index (χ0v) is 13.8. The van der Waals surface area contributed by atoms with Gasteiger partial charge in [-0.2, -0.15) is 0 Å². The minimum absolute atomic E-state index is 0.0304. The largest absolute Gasteiger partial charge is 0.351 e. The summed E-state index contributed by atoms with van der Waals surface area (Å²) in [5, 5.41) is 6.27. The Morgan fingerprint density at radius 3 is 2.47 bits per heavy atom. The standard InChI is InChI=1S/C13H17Br2N3O/c14-11-7-10(8-12(15)9-11)13(19)17-3-6-18-4-1-16-2-5-18/h7-9,16H,1-6H2,(H,17,19). The highest BCUT2D eigenvalue weighted by atomic mass is 79.9. The molecule has 0 spiro atoms. The third-order valence-electron chi connectivity index (χ3n) is 3.05. The summed E-state index contributed by atoms with van der Waals surface area (Å²) >= 11 is 6.77. The van der Waals surface area contributed by atoms with Crippen molar-refractivity contribution in [1.82, 2.24) is 15.5 Å². The predicted octanol–water partition coefficient (Wildman–Crippen LogP) is 1.85. The van der Waals surface area contributed by atoms with Crippen molar-refractivity contribution in [2.24, 2.45) is 0 Å². The fourth-order valence-corrected chi connectivity index (χ4v) is 3.34. The van der Waals surface area contributed by atoms with E-state index in [0.717, 1.165) is 41.7 Å². The molecule has 19 heavy (non-hydrogen) atoms. The molecule has 0 radical (unpaired) electrons. The van der Waals surface area contributed by atoms with E-state index in [1.807, 2.05) is 18.2 Å². The molecule has 1 aliphatic rings. The van der Waals surface area contributed by atoms with Crippen LogP contribution in [0.5, 0.6) is 0 Å². The SMILES string of the molecule is O=C(NCCN1CCNCC1)c1cc(Br)cc(Br)c1. The van der Waals surface area contributed by atoms with E-state index >= 15 is 0 Å². The predicted molar refractivity (Wildman–Crippen MR) is 83.5 cm³/mol. The monoisotopic (exact) mass is 389 g/mol. The Morgan fingerprint density at radius 1 is 1.21 bits per heavy atom. The van der Waals surface area contributed by atoms with Crippen LogP contribution in [0.1, 0.15) is 10.4 Å². The van der Waals surface area contributed by atoms with Crippen molar-refractivity contribution in [1.29, 1.82) is 0 Å². The summed E-state index contributed by atoms with van der Waals surface area (Å²) in [4.78, 5) is 14.4. The number of amides is 1. The second-order valence-corrected chi connectivity index (χ2v) is 6.34. The van der Waals surface area contributed by atoms with E-state index in [0.29, 0.717) is 12.1 Å². The first-order chi connectivity index (χ1) is 9.15. The van der Waals surface area contributed by atoms with Crippen molar-refractivity contribution in [2.45, 2.75) is 0 Å². The number of nitrogens with one attached hydrogen (secondary N) is 2. The van der Waals surface area contributed by atoms with Crippen LogP contribution in [-0.4, -0.2) is 50.1 Å². The first-order valence-electron chi connectivity index (χ1n) is 6.32. The Balaban J connectivity index is 1.80. The second kappa shape index (κ2) is 7.38. The van der Waals surface area contributed by atoms with E-state index in [-0.39, 0.29) is 5.91 Å². The van der Waals surface area contributed by atoms with Crippen LogP contribution in [0.15, 0.2) is 27.1 Å². The van der Waals surface area contributed by atoms with Gasteiger partial charge in [0.05, 0.1) is 0 Å². The number of hydrogen-bond acceptors (Lipinski definition) is 3. The Morgan fingerprint density at radius 2 is 1.84 bits per heavy atom. The van der Waals surface area contributed by atoms with Gasteiger partial charge < -0.3 is 10.6 Å². The van der Waals surface area contributed by atoms with Crippen LogP contribution in [0.3, 0.4) is 0 Å². The summed E-state index contributed by atoms with van der Waals surface area (Å²) in [7, 11) is 0. The van der Waals surface area contributed by atoms with Crippen molar-refractivity contribution >= 4 is 37.8 Å². The van der Waals surface area contributed by atoms with Gasteiger partial charge in [-0.3, -0.25) is 9.69 Å². The summed E-state index contributed by atoms with van der Waals surface area (Å²) in [5.74, 6) is -0.0304. The van der Waals surface area contributed by atoms with Gasteiger partial charge in [0.1, 0.15) is 0 Å². The maximum absolute atomic E-state index is 12.0. The molecule has 1 saturated heterocycles. The van der Waals surface area contributed by atoms with Crippen LogP contribution >= 0.6 is 31.9 Å². The average molecular weight is 391 g/mol. The van der Waals surface area contributed by atoms with Crippen molar-refractivity contribution < 1.29 is 4.79 Å². The van der Waals surface area contributed by atoms with Crippen LogP contribution in [-0.2, 0) is 0 Å². The number of carbonyl (C=O) groups is 1. The summed E-state index contributed by atoms with van der Waals surface area (Å²) in [6.07, 6.45) is 0. The molecule has 2 N–H and O–H groups in total. The van der Waals surface area contributed by atoms with Gasteiger partial charge in [0.15, 0.2) is 0 Å². The second-order valence-electron chi connectivity index (χ2n) is 4.51. The Bertz CT molecular complexity index is 427. The van der Waals surface area contributed by atoms with Gasteiger partial charge in [-0.15, -0.1) is 0 Å². The smallest absolute Gasteiger partial charge is 0.251 e. The van der Waals surface area contributed by atoms with Crippen LogP contribution in [0, 0.1) is 0 Å². The molecule has 0 aromatic heterocycles. The Hall–Kier alpha value is -0.430. The minimum Gasteiger partial charge on any atom is -0.351 e. The molecule has 1 amide bonds. The molecular weight excluding hydrogens is 374 g/mol. The molecule has 1 aromatic carbocycles. The maximum Gasteiger partial charge on any atom is 0.251 e. The van der Waals surface area contributed by atoms with Crippen LogP contribution in [0.25, 0.3) is 0 Å². The Labute approximate surface area is 130 Å². The number of nitrogens with zero attached hydrogens (tertiary/aromatic N) is 1. The van der Waals surface area contributed by atoms with E-state index in [1.54, 1.807) is 0 Å². The van der Waals surface area contributed by atoms with Gasteiger partial charge in [-0.05, 0) is 18.2 Å². The van der Waals surface area contributed by atoms with Crippen molar-refractivity contribution in [3.63, 3.8) is 0 Å². The normalized spacial score (nSPS) is 16.3. The number of piperazine rings is 1. The number of benzene rings is 1. The van der Waals surface area contributed by atoms with Gasteiger partial charge in [0, 0.05) is 53.8 Å². The topological polar surface area (TPSA) is 44.4 Å². The van der Waals surface area contributed by atoms with Gasteiger partial charge in [0.25, 0.3) is 5.91 Å². The Kier molecular flexibility index (Phi) is 5.81. The first-order valence-corrected chi connectivity index (χ1v) is 7.91. The third-order valence-corrected chi connectivity index (χ3v) is 3.96. The number of rotatable bonds is 4. The number of carbonyl (C=O) groups excluding carboxylic acids is 1. The molecule has 1 heterocycles. The summed E-state index contributed by atoms with van der Waals surface area (Å²) in [5.41, 5.74) is 0.668. The zero-order chi connectivity index (χ0) is 13.7. The summed E-state index contributed by atoms with van der Waals surface area (Å²) in [6, 6.07) is 5.56. The molecule has 0 unspecified atom stereocenters. The lowest BCUT2D eigenvalue weighted by Gasteiger charge is -2.27. The number of hydrogen-bond donors (Lipinski definition) is 2. The average Bonchev–Trinajstić information content (AvgIpc) is 2.38. The van der Waals surface area contributed by atoms with Crippen molar-refractivity contribution in [2.75, 3.05) is 39.3 Å². The lowest BCUT2D eigenvalue weighted by molar-refractivity contribution is 0.0947. The van der Waals surface area contributed by atoms with E-state index in [2.05, 4.69) is 47.4 Å². The quantitative estimate of drug-likeness (QED) is 0.824. The molecule has 4 nitrogen and oxygen atoms in total. The third kappa shape index (κ3) is 4.87. The lowest BCUT2D eigenvalue weighted by atomic mass is 10.2. The highest BCUT2D eigenvalue weighted by Gasteiger charge is 2.10. The van der Waals surface area contributed by atoms with Gasteiger partial charge in [-0.1, -0.05) is 31.9 Å². The van der Waals surface area contributed by atoms with Gasteiger partial charge in [-0.25, -0.2) is 0 Å². The van der Waals surface area contributed by atoms with Gasteiger partial charge >= 0.3 is 0 Å². The highest BCUT2D eigenvalue weighted by molar-refractivity contribution is 9.11. The fourth-order valence-electron chi connectivity index (χ4n) is 2.05. The summed E-state index contributed by atoms with van der Waals surface area (Å²) in [6.45, 7) is 5.77. The molecule has 0 aliphatic carbocycles. The number of halogens is 2. The molecule has 104 valence electrons. The fraction of sp³-hybridized carbons (Fsp3) is 0.462. The summed E-state index contributed by atoms with van der Waals surface area (Å²) < 4.78 is 1.79. The molecule has 0 bridgehead atoms. The van der Waals surface area contributed by atoms with Crippen molar-refractivity contribution in [3.05, 3.63) is 32.7 Å². The first kappa shape index (κ1) is 15.0. The van der Waals surface area contributed by atoms with E-state index < -0.39 is 0 Å². The minimum atomic E-state index is -0.0304. The maximum atomic E-state index is 12.0. The van der Waals surface area contributed by atoms with E-state index in [4.69, 9.17) is 0 Å². The molecule has 1 aromatic rings. The van der Waals surface area contributed by atoms with Crippen LogP contribution in [0.4, 0.5) is 0 Å². The van der Waals surface area contributed by atoms with Crippen LogP contribution in [0.2, 0.25) is 0 Å². The van der Waals surface area contributed by atoms with Crippen molar-refractivity contribution in [3.8, 4) is 0 Å². The highest BCUT2D eigenvalue weighted by Crippen LogP contribution is 2.19. The van der Waals surface area contributed by atoms with Gasteiger partial charge in [0.2, 0.25) is 0 Å². The molecule has 1 fully saturated rings. The zero-order valence-electron chi connectivity index (χ0n) is 10.6. The van der Waals surface area contributed by atoms with Crippen LogP contribution < -0.4 is 10.6 Å². The van der Waals surface area contributed by atoms with E-state index in [1.165, 1.54) is 0 Å². The van der Waals surface area contributed by atoms with E-state index in [9.17, 15) is 4.79 Å². The molecular formula is C13H17Br2N3O. The lowest BCUT2D eigenvalue weighted by Crippen LogP contribution is -2.46. The molecule has 2 rings (SSSR count).